The Morgan fingerprint density at radius 1 is 1.26 bits per heavy atom. The Morgan fingerprint density at radius 3 is 2.68 bits per heavy atom. The van der Waals surface area contributed by atoms with E-state index < -0.39 is 0 Å². The first-order chi connectivity index (χ1) is 9.04. The van der Waals surface area contributed by atoms with Gasteiger partial charge in [0.25, 0.3) is 0 Å². The average molecular weight is 257 g/mol. The van der Waals surface area contributed by atoms with Crippen LogP contribution in [-0.4, -0.2) is 12.6 Å². The van der Waals surface area contributed by atoms with Crippen LogP contribution in [0.4, 0.5) is 0 Å². The van der Waals surface area contributed by atoms with Crippen molar-refractivity contribution in [1.29, 1.82) is 0 Å². The number of fused-ring (bicyclic) bond motifs is 3. The summed E-state index contributed by atoms with van der Waals surface area (Å²) in [6, 6.07) is 9.77. The minimum absolute atomic E-state index is 0.354. The lowest BCUT2D eigenvalue weighted by atomic mass is 9.82. The maximum absolute atomic E-state index is 3.77. The van der Waals surface area contributed by atoms with Gasteiger partial charge in [0.2, 0.25) is 0 Å². The van der Waals surface area contributed by atoms with E-state index in [9.17, 15) is 0 Å². The van der Waals surface area contributed by atoms with Crippen LogP contribution in [0.25, 0.3) is 0 Å². The van der Waals surface area contributed by atoms with Crippen molar-refractivity contribution in [3.05, 3.63) is 35.4 Å². The lowest BCUT2D eigenvalue weighted by molar-refractivity contribution is 0.234. The molecule has 104 valence electrons. The molecule has 2 aliphatic carbocycles. The van der Waals surface area contributed by atoms with E-state index in [-0.39, 0.29) is 0 Å². The number of rotatable bonds is 3. The van der Waals surface area contributed by atoms with Crippen LogP contribution in [0.1, 0.15) is 51.2 Å². The maximum atomic E-state index is 3.77. The Labute approximate surface area is 117 Å². The highest BCUT2D eigenvalue weighted by atomic mass is 15.0. The lowest BCUT2D eigenvalue weighted by Gasteiger charge is -2.32. The molecule has 1 aromatic rings. The minimum Gasteiger partial charge on any atom is -0.313 e. The second-order valence-corrected chi connectivity index (χ2v) is 7.41. The highest BCUT2D eigenvalue weighted by Gasteiger charge is 2.58. The zero-order chi connectivity index (χ0) is 13.6. The average Bonchev–Trinajstić information content (AvgIpc) is 3.09. The van der Waals surface area contributed by atoms with Crippen molar-refractivity contribution in [3.63, 3.8) is 0 Å². The number of hydrogen-bond acceptors (Lipinski definition) is 1. The van der Waals surface area contributed by atoms with Gasteiger partial charge in [-0.2, -0.15) is 0 Å². The molecule has 1 N–H and O–H groups in total. The Bertz CT molecular complexity index is 457. The summed E-state index contributed by atoms with van der Waals surface area (Å²) in [5.74, 6) is 2.61. The zero-order valence-electron chi connectivity index (χ0n) is 12.7. The van der Waals surface area contributed by atoms with Crippen LogP contribution in [0.15, 0.2) is 24.3 Å². The van der Waals surface area contributed by atoms with Gasteiger partial charge in [-0.25, -0.2) is 0 Å². The van der Waals surface area contributed by atoms with E-state index in [1.165, 1.54) is 12.8 Å². The van der Waals surface area contributed by atoms with Crippen LogP contribution in [0.2, 0.25) is 0 Å². The first-order valence-corrected chi connectivity index (χ1v) is 7.85. The third kappa shape index (κ3) is 2.23. The highest BCUT2D eigenvalue weighted by Crippen LogP contribution is 2.63. The standard InChI is InChI=1S/C18H27N/c1-5-19-17(18(2,3)4)16-14-11-10-12-8-6-7-9-13(12)15(14)16/h6-9,14-17,19H,5,10-11H2,1-4H3. The van der Waals surface area contributed by atoms with Gasteiger partial charge in [0.15, 0.2) is 0 Å². The van der Waals surface area contributed by atoms with Crippen molar-refractivity contribution in [3.8, 4) is 0 Å². The van der Waals surface area contributed by atoms with Gasteiger partial charge >= 0.3 is 0 Å². The molecular weight excluding hydrogens is 230 g/mol. The molecule has 4 unspecified atom stereocenters. The zero-order valence-corrected chi connectivity index (χ0v) is 12.7. The van der Waals surface area contributed by atoms with Crippen molar-refractivity contribution in [1.82, 2.24) is 5.32 Å². The molecule has 0 aromatic heterocycles. The predicted octanol–water partition coefficient (Wildman–Crippen LogP) is 3.99. The third-order valence-electron chi connectivity index (χ3n) is 5.13. The summed E-state index contributed by atoms with van der Waals surface area (Å²) in [4.78, 5) is 0. The molecule has 19 heavy (non-hydrogen) atoms. The van der Waals surface area contributed by atoms with E-state index in [0.717, 1.165) is 24.3 Å². The van der Waals surface area contributed by atoms with E-state index in [2.05, 4.69) is 57.3 Å². The summed E-state index contributed by atoms with van der Waals surface area (Å²) in [6.45, 7) is 10.5. The van der Waals surface area contributed by atoms with Crippen molar-refractivity contribution in [2.24, 2.45) is 17.3 Å². The van der Waals surface area contributed by atoms with Crippen molar-refractivity contribution in [2.75, 3.05) is 6.54 Å². The molecule has 4 atom stereocenters. The van der Waals surface area contributed by atoms with Crippen LogP contribution in [0.5, 0.6) is 0 Å². The van der Waals surface area contributed by atoms with Crippen LogP contribution in [0.3, 0.4) is 0 Å². The fraction of sp³-hybridized carbons (Fsp3) is 0.667. The SMILES string of the molecule is CCNC(C1C2CCc3ccccc3C21)C(C)(C)C. The molecule has 1 aromatic carbocycles. The minimum atomic E-state index is 0.354. The van der Waals surface area contributed by atoms with Gasteiger partial charge in [0.05, 0.1) is 0 Å². The lowest BCUT2D eigenvalue weighted by Crippen LogP contribution is -2.42. The first-order valence-electron chi connectivity index (χ1n) is 7.85. The summed E-state index contributed by atoms with van der Waals surface area (Å²) in [5.41, 5.74) is 3.61. The summed E-state index contributed by atoms with van der Waals surface area (Å²) in [6.07, 6.45) is 2.68. The van der Waals surface area contributed by atoms with Crippen LogP contribution >= 0.6 is 0 Å². The van der Waals surface area contributed by atoms with Crippen molar-refractivity contribution >= 4 is 0 Å². The normalized spacial score (nSPS) is 30.4. The molecule has 1 heteroatoms. The molecule has 1 saturated carbocycles. The largest absolute Gasteiger partial charge is 0.313 e. The topological polar surface area (TPSA) is 12.0 Å². The van der Waals surface area contributed by atoms with Gasteiger partial charge in [-0.1, -0.05) is 52.0 Å². The Balaban J connectivity index is 1.86. The molecule has 0 heterocycles. The van der Waals surface area contributed by atoms with Crippen molar-refractivity contribution < 1.29 is 0 Å². The molecule has 0 bridgehead atoms. The van der Waals surface area contributed by atoms with Gasteiger partial charge in [-0.05, 0) is 53.7 Å². The molecule has 0 spiro atoms. The van der Waals surface area contributed by atoms with E-state index in [1.807, 2.05) is 0 Å². The quantitative estimate of drug-likeness (QED) is 0.863. The van der Waals surface area contributed by atoms with Crippen molar-refractivity contribution in [2.45, 2.75) is 52.5 Å². The summed E-state index contributed by atoms with van der Waals surface area (Å²) in [7, 11) is 0. The molecule has 1 nitrogen and oxygen atoms in total. The fourth-order valence-corrected chi connectivity index (χ4v) is 4.31. The van der Waals surface area contributed by atoms with E-state index in [1.54, 1.807) is 11.1 Å². The number of hydrogen-bond donors (Lipinski definition) is 1. The van der Waals surface area contributed by atoms with Gasteiger partial charge in [0, 0.05) is 6.04 Å². The van der Waals surface area contributed by atoms with E-state index in [0.29, 0.717) is 11.5 Å². The van der Waals surface area contributed by atoms with Gasteiger partial charge in [-0.15, -0.1) is 0 Å². The molecule has 1 fully saturated rings. The maximum Gasteiger partial charge on any atom is 0.0152 e. The number of benzene rings is 1. The molecule has 2 aliphatic rings. The van der Waals surface area contributed by atoms with Crippen LogP contribution in [-0.2, 0) is 6.42 Å². The van der Waals surface area contributed by atoms with E-state index >= 15 is 0 Å². The van der Waals surface area contributed by atoms with Crippen LogP contribution < -0.4 is 5.32 Å². The molecule has 0 saturated heterocycles. The van der Waals surface area contributed by atoms with Gasteiger partial charge < -0.3 is 5.32 Å². The first kappa shape index (κ1) is 13.2. The summed E-state index contributed by atoms with van der Waals surface area (Å²) in [5, 5.41) is 3.77. The van der Waals surface area contributed by atoms with E-state index in [4.69, 9.17) is 0 Å². The highest BCUT2D eigenvalue weighted by molar-refractivity contribution is 5.40. The second-order valence-electron chi connectivity index (χ2n) is 7.41. The Hall–Kier alpha value is -0.820. The third-order valence-corrected chi connectivity index (χ3v) is 5.13. The molecule has 0 radical (unpaired) electrons. The molecule has 3 rings (SSSR count). The van der Waals surface area contributed by atoms with Crippen LogP contribution in [0, 0.1) is 17.3 Å². The fourth-order valence-electron chi connectivity index (χ4n) is 4.31. The Kier molecular flexibility index (Phi) is 3.21. The molecular formula is C18H27N. The predicted molar refractivity (Wildman–Crippen MR) is 81.4 cm³/mol. The number of aryl methyl sites for hydroxylation is 1. The number of nitrogens with one attached hydrogen (secondary N) is 1. The van der Waals surface area contributed by atoms with Gasteiger partial charge in [-0.3, -0.25) is 0 Å². The smallest absolute Gasteiger partial charge is 0.0152 e. The Morgan fingerprint density at radius 2 is 2.00 bits per heavy atom. The second kappa shape index (κ2) is 4.63. The molecule has 0 aliphatic heterocycles. The molecule has 0 amide bonds. The monoisotopic (exact) mass is 257 g/mol. The van der Waals surface area contributed by atoms with Gasteiger partial charge in [0.1, 0.15) is 0 Å². The summed E-state index contributed by atoms with van der Waals surface area (Å²) < 4.78 is 0. The summed E-state index contributed by atoms with van der Waals surface area (Å²) >= 11 is 0.